The first kappa shape index (κ1) is 18.9. The number of halogens is 1. The molecule has 0 unspecified atom stereocenters. The second kappa shape index (κ2) is 9.13. The van der Waals surface area contributed by atoms with Gasteiger partial charge in [0, 0.05) is 22.1 Å². The van der Waals surface area contributed by atoms with Crippen LogP contribution < -0.4 is 5.32 Å². The highest BCUT2D eigenvalue weighted by atomic mass is 79.9. The number of Topliss-reactive ketones (excluding diaryl/α,β-unsaturated/α-hetero) is 1. The molecular weight excluding hydrogens is 386 g/mol. The number of carbonyl (C=O) groups excluding carboxylic acids is 3. The zero-order chi connectivity index (χ0) is 18.2. The van der Waals surface area contributed by atoms with Crippen LogP contribution in [0.5, 0.6) is 0 Å². The summed E-state index contributed by atoms with van der Waals surface area (Å²) in [5.74, 6) is -0.944. The molecule has 0 fully saturated rings. The summed E-state index contributed by atoms with van der Waals surface area (Å²) in [6.07, 6.45) is 1.22. The molecule has 0 saturated heterocycles. The van der Waals surface area contributed by atoms with E-state index >= 15 is 0 Å². The molecular formula is C19H18BrNO4. The highest BCUT2D eigenvalue weighted by Crippen LogP contribution is 2.17. The van der Waals surface area contributed by atoms with E-state index in [9.17, 15) is 14.4 Å². The van der Waals surface area contributed by atoms with Crippen LogP contribution in [0.4, 0.5) is 5.69 Å². The fourth-order valence-corrected chi connectivity index (χ4v) is 2.56. The maximum absolute atomic E-state index is 12.1. The molecule has 0 atom stereocenters. The van der Waals surface area contributed by atoms with Crippen molar-refractivity contribution in [3.8, 4) is 0 Å². The summed E-state index contributed by atoms with van der Waals surface area (Å²) < 4.78 is 5.67. The molecule has 5 nitrogen and oxygen atoms in total. The highest BCUT2D eigenvalue weighted by Gasteiger charge is 2.14. The first-order valence-corrected chi connectivity index (χ1v) is 8.65. The molecule has 1 amide bonds. The van der Waals surface area contributed by atoms with Crippen LogP contribution in [0, 0.1) is 0 Å². The zero-order valence-corrected chi connectivity index (χ0v) is 15.3. The number of ether oxygens (including phenoxy) is 1. The first-order chi connectivity index (χ1) is 12.0. The monoisotopic (exact) mass is 403 g/mol. The smallest absolute Gasteiger partial charge is 0.339 e. The average molecular weight is 404 g/mol. The molecule has 0 aliphatic heterocycles. The highest BCUT2D eigenvalue weighted by molar-refractivity contribution is 9.10. The minimum Gasteiger partial charge on any atom is -0.454 e. The number of rotatable bonds is 7. The first-order valence-electron chi connectivity index (χ1n) is 7.86. The fraction of sp³-hybridized carbons (Fsp3) is 0.211. The van der Waals surface area contributed by atoms with Crippen molar-refractivity contribution >= 4 is 39.3 Å². The second-order valence-electron chi connectivity index (χ2n) is 5.35. The normalized spacial score (nSPS) is 10.2. The summed E-state index contributed by atoms with van der Waals surface area (Å²) >= 11 is 3.27. The van der Waals surface area contributed by atoms with E-state index in [2.05, 4.69) is 21.2 Å². The number of anilines is 1. The van der Waals surface area contributed by atoms with E-state index in [-0.39, 0.29) is 18.3 Å². The van der Waals surface area contributed by atoms with Gasteiger partial charge in [-0.2, -0.15) is 0 Å². The van der Waals surface area contributed by atoms with Crippen LogP contribution in [0.3, 0.4) is 0 Å². The number of amides is 1. The van der Waals surface area contributed by atoms with Crippen LogP contribution in [0.2, 0.25) is 0 Å². The van der Waals surface area contributed by atoms with Gasteiger partial charge < -0.3 is 10.1 Å². The average Bonchev–Trinajstić information content (AvgIpc) is 2.60. The van der Waals surface area contributed by atoms with Crippen LogP contribution in [0.15, 0.2) is 53.0 Å². The third kappa shape index (κ3) is 5.53. The van der Waals surface area contributed by atoms with Gasteiger partial charge in [0.2, 0.25) is 5.91 Å². The molecule has 130 valence electrons. The number of carbonyl (C=O) groups is 3. The largest absolute Gasteiger partial charge is 0.454 e. The zero-order valence-electron chi connectivity index (χ0n) is 13.8. The predicted molar refractivity (Wildman–Crippen MR) is 98.7 cm³/mol. The Morgan fingerprint density at radius 1 is 1.04 bits per heavy atom. The number of nitrogens with one attached hydrogen (secondary N) is 1. The van der Waals surface area contributed by atoms with Gasteiger partial charge in [-0.1, -0.05) is 19.1 Å². The van der Waals surface area contributed by atoms with Crippen molar-refractivity contribution < 1.29 is 19.1 Å². The van der Waals surface area contributed by atoms with Gasteiger partial charge in [0.1, 0.15) is 0 Å². The molecule has 1 N–H and O–H groups in total. The van der Waals surface area contributed by atoms with Crippen molar-refractivity contribution in [3.05, 3.63) is 64.1 Å². The van der Waals surface area contributed by atoms with Crippen LogP contribution >= 0.6 is 15.9 Å². The van der Waals surface area contributed by atoms with Crippen LogP contribution in [-0.2, 0) is 9.53 Å². The number of hydrogen-bond acceptors (Lipinski definition) is 4. The Hall–Kier alpha value is -2.47. The quantitative estimate of drug-likeness (QED) is 0.554. The summed E-state index contributed by atoms with van der Waals surface area (Å²) in [7, 11) is 0. The summed E-state index contributed by atoms with van der Waals surface area (Å²) in [5, 5.41) is 2.75. The SMILES string of the molecule is CCCC(=O)Nc1ccc(C(=O)COC(=O)c2ccccc2Br)cc1. The van der Waals surface area contributed by atoms with E-state index in [1.54, 1.807) is 48.5 Å². The summed E-state index contributed by atoms with van der Waals surface area (Å²) in [5.41, 5.74) is 1.40. The van der Waals surface area contributed by atoms with Gasteiger partial charge in [-0.15, -0.1) is 0 Å². The van der Waals surface area contributed by atoms with Gasteiger partial charge in [0.25, 0.3) is 0 Å². The second-order valence-corrected chi connectivity index (χ2v) is 6.21. The summed E-state index contributed by atoms with van der Waals surface area (Å²) in [6.45, 7) is 1.58. The number of esters is 1. The van der Waals surface area contributed by atoms with E-state index in [0.717, 1.165) is 6.42 Å². The fourth-order valence-electron chi connectivity index (χ4n) is 2.11. The Labute approximate surface area is 154 Å². The minimum atomic E-state index is -0.565. The van der Waals surface area contributed by atoms with Crippen molar-refractivity contribution in [3.63, 3.8) is 0 Å². The van der Waals surface area contributed by atoms with Crippen molar-refractivity contribution in [2.45, 2.75) is 19.8 Å². The maximum atomic E-state index is 12.1. The minimum absolute atomic E-state index is 0.0658. The van der Waals surface area contributed by atoms with Gasteiger partial charge in [0.15, 0.2) is 12.4 Å². The lowest BCUT2D eigenvalue weighted by Gasteiger charge is -2.07. The molecule has 6 heteroatoms. The molecule has 0 bridgehead atoms. The lowest BCUT2D eigenvalue weighted by Crippen LogP contribution is -2.15. The standard InChI is InChI=1S/C19H18BrNO4/c1-2-5-18(23)21-14-10-8-13(9-11-14)17(22)12-25-19(24)15-6-3-4-7-16(15)20/h3-4,6-11H,2,5,12H2,1H3,(H,21,23). The molecule has 0 saturated carbocycles. The van der Waals surface area contributed by atoms with Gasteiger partial charge in [-0.3, -0.25) is 9.59 Å². The van der Waals surface area contributed by atoms with E-state index in [4.69, 9.17) is 4.74 Å². The Bertz CT molecular complexity index is 771. The van der Waals surface area contributed by atoms with Crippen molar-refractivity contribution in [2.75, 3.05) is 11.9 Å². The lowest BCUT2D eigenvalue weighted by atomic mass is 10.1. The van der Waals surface area contributed by atoms with E-state index < -0.39 is 5.97 Å². The molecule has 2 aromatic carbocycles. The topological polar surface area (TPSA) is 72.5 Å². The number of ketones is 1. The molecule has 0 aromatic heterocycles. The Morgan fingerprint density at radius 3 is 2.36 bits per heavy atom. The molecule has 0 aliphatic carbocycles. The Kier molecular flexibility index (Phi) is 6.89. The van der Waals surface area contributed by atoms with Gasteiger partial charge in [-0.05, 0) is 58.7 Å². The molecule has 0 radical (unpaired) electrons. The lowest BCUT2D eigenvalue weighted by molar-refractivity contribution is -0.116. The van der Waals surface area contributed by atoms with Crippen molar-refractivity contribution in [1.29, 1.82) is 0 Å². The number of benzene rings is 2. The van der Waals surface area contributed by atoms with Gasteiger partial charge in [-0.25, -0.2) is 4.79 Å². The predicted octanol–water partition coefficient (Wildman–Crippen LogP) is 4.23. The number of hydrogen-bond donors (Lipinski definition) is 1. The maximum Gasteiger partial charge on any atom is 0.339 e. The van der Waals surface area contributed by atoms with Crippen molar-refractivity contribution in [2.24, 2.45) is 0 Å². The van der Waals surface area contributed by atoms with E-state index in [1.165, 1.54) is 0 Å². The van der Waals surface area contributed by atoms with E-state index in [1.807, 2.05) is 6.92 Å². The molecule has 2 aromatic rings. The van der Waals surface area contributed by atoms with Gasteiger partial charge in [0.05, 0.1) is 5.56 Å². The Morgan fingerprint density at radius 2 is 1.72 bits per heavy atom. The molecule has 0 heterocycles. The molecule has 0 aliphatic rings. The molecule has 0 spiro atoms. The van der Waals surface area contributed by atoms with Gasteiger partial charge >= 0.3 is 5.97 Å². The van der Waals surface area contributed by atoms with Crippen LogP contribution in [0.25, 0.3) is 0 Å². The van der Waals surface area contributed by atoms with Crippen LogP contribution in [-0.4, -0.2) is 24.3 Å². The summed E-state index contributed by atoms with van der Waals surface area (Å²) in [6, 6.07) is 13.3. The summed E-state index contributed by atoms with van der Waals surface area (Å²) in [4.78, 5) is 35.6. The molecule has 2 rings (SSSR count). The van der Waals surface area contributed by atoms with Crippen LogP contribution in [0.1, 0.15) is 40.5 Å². The third-order valence-corrected chi connectivity index (χ3v) is 4.09. The Balaban J connectivity index is 1.91. The van der Waals surface area contributed by atoms with Crippen molar-refractivity contribution in [1.82, 2.24) is 0 Å². The van der Waals surface area contributed by atoms with E-state index in [0.29, 0.717) is 27.7 Å². The molecule has 25 heavy (non-hydrogen) atoms. The third-order valence-electron chi connectivity index (χ3n) is 3.40.